The molecule has 0 saturated heterocycles. The topological polar surface area (TPSA) is 68.4 Å². The number of hydrogen-bond acceptors (Lipinski definition) is 3. The summed E-state index contributed by atoms with van der Waals surface area (Å²) in [6, 6.07) is 9.25. The molecule has 0 spiro atoms. The number of aromatic nitrogens is 2. The van der Waals surface area contributed by atoms with Crippen LogP contribution < -0.4 is 11.1 Å². The second kappa shape index (κ2) is 6.75. The highest BCUT2D eigenvalue weighted by atomic mass is 19.4. The van der Waals surface area contributed by atoms with E-state index in [0.717, 1.165) is 23.7 Å². The molecular weight excluding hydrogens is 361 g/mol. The molecule has 0 atom stereocenters. The minimum Gasteiger partial charge on any atom is -0.295 e. The van der Waals surface area contributed by atoms with Gasteiger partial charge in [0.2, 0.25) is 0 Å². The molecule has 0 saturated carbocycles. The first-order valence-electron chi connectivity index (χ1n) is 7.84. The number of alkyl halides is 3. The molecule has 1 heterocycles. The first-order valence-corrected chi connectivity index (χ1v) is 7.84. The fraction of sp³-hybridized carbons (Fsp3) is 0.167. The third kappa shape index (κ3) is 3.62. The van der Waals surface area contributed by atoms with Crippen LogP contribution in [0.5, 0.6) is 0 Å². The van der Waals surface area contributed by atoms with Crippen molar-refractivity contribution >= 4 is 23.2 Å². The van der Waals surface area contributed by atoms with Gasteiger partial charge in [-0.2, -0.15) is 18.3 Å². The van der Waals surface area contributed by atoms with Gasteiger partial charge in [-0.3, -0.25) is 13.9 Å². The SMILES string of the molecule is Cn1c(=O)n(C)c2cc(/C=N\NC(=O)c3cccc(C(F)(F)F)c3)ccc21. The van der Waals surface area contributed by atoms with Crippen LogP contribution in [0, 0.1) is 0 Å². The average molecular weight is 376 g/mol. The van der Waals surface area contributed by atoms with Gasteiger partial charge < -0.3 is 0 Å². The second-order valence-electron chi connectivity index (χ2n) is 5.93. The summed E-state index contributed by atoms with van der Waals surface area (Å²) in [6.45, 7) is 0. The number of aryl methyl sites for hydroxylation is 2. The largest absolute Gasteiger partial charge is 0.416 e. The van der Waals surface area contributed by atoms with Crippen LogP contribution in [0.2, 0.25) is 0 Å². The number of imidazole rings is 1. The quantitative estimate of drug-likeness (QED) is 0.564. The van der Waals surface area contributed by atoms with Crippen LogP contribution in [0.1, 0.15) is 21.5 Å². The Hall–Kier alpha value is -3.36. The van der Waals surface area contributed by atoms with E-state index in [1.54, 1.807) is 32.3 Å². The average Bonchev–Trinajstić information content (AvgIpc) is 2.85. The first-order chi connectivity index (χ1) is 12.7. The van der Waals surface area contributed by atoms with Crippen molar-refractivity contribution in [3.63, 3.8) is 0 Å². The van der Waals surface area contributed by atoms with Crippen molar-refractivity contribution in [1.29, 1.82) is 0 Å². The summed E-state index contributed by atoms with van der Waals surface area (Å²) in [7, 11) is 3.30. The summed E-state index contributed by atoms with van der Waals surface area (Å²) < 4.78 is 41.1. The van der Waals surface area contributed by atoms with E-state index in [1.807, 2.05) is 0 Å². The lowest BCUT2D eigenvalue weighted by atomic mass is 10.1. The Labute approximate surface area is 151 Å². The van der Waals surface area contributed by atoms with Crippen molar-refractivity contribution in [3.05, 3.63) is 69.6 Å². The summed E-state index contributed by atoms with van der Waals surface area (Å²) in [6.07, 6.45) is -3.18. The Morgan fingerprint density at radius 2 is 1.78 bits per heavy atom. The van der Waals surface area contributed by atoms with Gasteiger partial charge in [0.25, 0.3) is 5.91 Å². The van der Waals surface area contributed by atoms with Gasteiger partial charge in [-0.15, -0.1) is 0 Å². The predicted octanol–water partition coefficient (Wildman–Crippen LogP) is 2.66. The molecule has 1 N–H and O–H groups in total. The zero-order valence-corrected chi connectivity index (χ0v) is 14.4. The second-order valence-corrected chi connectivity index (χ2v) is 5.93. The van der Waals surface area contributed by atoms with Crippen LogP contribution in [-0.2, 0) is 20.3 Å². The summed E-state index contributed by atoms with van der Waals surface area (Å²) >= 11 is 0. The van der Waals surface area contributed by atoms with E-state index < -0.39 is 17.6 Å². The maximum Gasteiger partial charge on any atom is 0.416 e. The van der Waals surface area contributed by atoms with E-state index in [4.69, 9.17) is 0 Å². The van der Waals surface area contributed by atoms with Gasteiger partial charge in [0.1, 0.15) is 0 Å². The van der Waals surface area contributed by atoms with E-state index in [2.05, 4.69) is 10.5 Å². The van der Waals surface area contributed by atoms with Gasteiger partial charge in [-0.1, -0.05) is 12.1 Å². The van der Waals surface area contributed by atoms with Gasteiger partial charge in [-0.05, 0) is 35.9 Å². The smallest absolute Gasteiger partial charge is 0.295 e. The highest BCUT2D eigenvalue weighted by Crippen LogP contribution is 2.29. The molecule has 0 aliphatic heterocycles. The van der Waals surface area contributed by atoms with Crippen molar-refractivity contribution in [2.24, 2.45) is 19.2 Å². The first kappa shape index (κ1) is 18.4. The van der Waals surface area contributed by atoms with Gasteiger partial charge >= 0.3 is 11.9 Å². The Balaban J connectivity index is 1.78. The zero-order chi connectivity index (χ0) is 19.8. The predicted molar refractivity (Wildman–Crippen MR) is 94.7 cm³/mol. The number of nitrogens with zero attached hydrogens (tertiary/aromatic N) is 3. The third-order valence-electron chi connectivity index (χ3n) is 4.13. The van der Waals surface area contributed by atoms with Crippen LogP contribution in [0.3, 0.4) is 0 Å². The van der Waals surface area contributed by atoms with Gasteiger partial charge in [0.15, 0.2) is 0 Å². The number of nitrogens with one attached hydrogen (secondary N) is 1. The number of hydrogen-bond donors (Lipinski definition) is 1. The fourth-order valence-corrected chi connectivity index (χ4v) is 2.67. The molecule has 1 aromatic heterocycles. The lowest BCUT2D eigenvalue weighted by Gasteiger charge is -2.07. The normalized spacial score (nSPS) is 12.0. The number of fused-ring (bicyclic) bond motifs is 1. The number of rotatable bonds is 3. The minimum absolute atomic E-state index is 0.150. The Kier molecular flexibility index (Phi) is 4.61. The van der Waals surface area contributed by atoms with Crippen LogP contribution in [-0.4, -0.2) is 21.3 Å². The van der Waals surface area contributed by atoms with E-state index in [-0.39, 0.29) is 11.3 Å². The molecule has 140 valence electrons. The molecule has 0 aliphatic carbocycles. The number of carbonyl (C=O) groups excluding carboxylic acids is 1. The third-order valence-corrected chi connectivity index (χ3v) is 4.13. The molecule has 0 radical (unpaired) electrons. The number of halogens is 3. The molecule has 3 rings (SSSR count). The zero-order valence-electron chi connectivity index (χ0n) is 14.4. The van der Waals surface area contributed by atoms with Crippen LogP contribution in [0.15, 0.2) is 52.4 Å². The van der Waals surface area contributed by atoms with E-state index in [0.29, 0.717) is 11.1 Å². The standard InChI is InChI=1S/C18H15F3N4O2/c1-24-14-7-6-11(8-15(14)25(2)17(24)27)10-22-23-16(26)12-4-3-5-13(9-12)18(19,20)21/h3-10H,1-2H3,(H,23,26)/b22-10-. The maximum absolute atomic E-state index is 12.7. The monoisotopic (exact) mass is 376 g/mol. The summed E-state index contributed by atoms with van der Waals surface area (Å²) in [5.74, 6) is -0.759. The molecule has 27 heavy (non-hydrogen) atoms. The molecular formula is C18H15F3N4O2. The van der Waals surface area contributed by atoms with Gasteiger partial charge in [-0.25, -0.2) is 10.2 Å². The van der Waals surface area contributed by atoms with Crippen molar-refractivity contribution in [3.8, 4) is 0 Å². The van der Waals surface area contributed by atoms with Crippen molar-refractivity contribution in [2.75, 3.05) is 0 Å². The maximum atomic E-state index is 12.7. The summed E-state index contributed by atoms with van der Waals surface area (Å²) in [5.41, 5.74) is 3.02. The van der Waals surface area contributed by atoms with Crippen LogP contribution in [0.4, 0.5) is 13.2 Å². The molecule has 0 bridgehead atoms. The van der Waals surface area contributed by atoms with E-state index >= 15 is 0 Å². The minimum atomic E-state index is -4.53. The van der Waals surface area contributed by atoms with E-state index in [1.165, 1.54) is 21.4 Å². The van der Waals surface area contributed by atoms with Crippen LogP contribution >= 0.6 is 0 Å². The number of carbonyl (C=O) groups is 1. The fourth-order valence-electron chi connectivity index (χ4n) is 2.67. The van der Waals surface area contributed by atoms with Crippen molar-refractivity contribution < 1.29 is 18.0 Å². The Bertz CT molecular complexity index is 1110. The molecule has 2 aromatic carbocycles. The van der Waals surface area contributed by atoms with Gasteiger partial charge in [0.05, 0.1) is 22.8 Å². The molecule has 6 nitrogen and oxygen atoms in total. The summed E-state index contributed by atoms with van der Waals surface area (Å²) in [4.78, 5) is 23.9. The highest BCUT2D eigenvalue weighted by molar-refractivity contribution is 5.95. The highest BCUT2D eigenvalue weighted by Gasteiger charge is 2.30. The number of benzene rings is 2. The van der Waals surface area contributed by atoms with E-state index in [9.17, 15) is 22.8 Å². The van der Waals surface area contributed by atoms with Crippen molar-refractivity contribution in [1.82, 2.24) is 14.6 Å². The molecule has 3 aromatic rings. The Morgan fingerprint density at radius 3 is 2.48 bits per heavy atom. The molecule has 1 amide bonds. The van der Waals surface area contributed by atoms with Crippen molar-refractivity contribution in [2.45, 2.75) is 6.18 Å². The number of hydrazone groups is 1. The molecule has 0 aliphatic rings. The lowest BCUT2D eigenvalue weighted by molar-refractivity contribution is -0.137. The number of amides is 1. The molecule has 0 unspecified atom stereocenters. The molecule has 0 fully saturated rings. The van der Waals surface area contributed by atoms with Gasteiger partial charge in [0, 0.05) is 19.7 Å². The van der Waals surface area contributed by atoms with Crippen LogP contribution in [0.25, 0.3) is 11.0 Å². The molecule has 9 heteroatoms. The lowest BCUT2D eigenvalue weighted by Crippen LogP contribution is -2.19. The Morgan fingerprint density at radius 1 is 1.07 bits per heavy atom. The summed E-state index contributed by atoms with van der Waals surface area (Å²) in [5, 5.41) is 3.78.